The van der Waals surface area contributed by atoms with Crippen LogP contribution in [-0.2, 0) is 9.59 Å². The molecule has 0 aliphatic heterocycles. The molecule has 2 amide bonds. The highest BCUT2D eigenvalue weighted by Gasteiger charge is 2.13. The molecule has 0 atom stereocenters. The Labute approximate surface area is 114 Å². The second-order valence-corrected chi connectivity index (χ2v) is 3.50. The van der Waals surface area contributed by atoms with Gasteiger partial charge < -0.3 is 10.6 Å². The van der Waals surface area contributed by atoms with E-state index in [1.807, 2.05) is 19.9 Å². The number of rotatable bonds is 5. The molecule has 19 heavy (non-hydrogen) atoms. The number of nitrogens with one attached hydrogen (secondary N) is 2. The number of carbonyl (C=O) groups is 2. The van der Waals surface area contributed by atoms with Crippen LogP contribution in [0.3, 0.4) is 0 Å². The van der Waals surface area contributed by atoms with Crippen LogP contribution < -0.4 is 10.6 Å². The molecule has 0 aliphatic rings. The van der Waals surface area contributed by atoms with E-state index in [-0.39, 0.29) is 0 Å². The first kappa shape index (κ1) is 16.6. The van der Waals surface area contributed by atoms with Crippen LogP contribution in [0, 0.1) is 0 Å². The lowest BCUT2D eigenvalue weighted by atomic mass is 10.3. The minimum atomic E-state index is -0.733. The lowest BCUT2D eigenvalue weighted by molar-refractivity contribution is -0.138. The molecule has 0 aromatic heterocycles. The summed E-state index contributed by atoms with van der Waals surface area (Å²) in [6.07, 6.45) is 11.9. The van der Waals surface area contributed by atoms with Crippen molar-refractivity contribution < 1.29 is 9.59 Å². The lowest BCUT2D eigenvalue weighted by Crippen LogP contribution is -2.38. The van der Waals surface area contributed by atoms with Gasteiger partial charge in [-0.15, -0.1) is 0 Å². The van der Waals surface area contributed by atoms with Gasteiger partial charge in [0.05, 0.1) is 0 Å². The van der Waals surface area contributed by atoms with E-state index in [1.165, 1.54) is 6.08 Å². The maximum absolute atomic E-state index is 11.7. The van der Waals surface area contributed by atoms with Gasteiger partial charge in [0.25, 0.3) is 0 Å². The molecule has 0 aliphatic carbocycles. The minimum Gasteiger partial charge on any atom is -0.318 e. The van der Waals surface area contributed by atoms with Crippen molar-refractivity contribution in [2.45, 2.75) is 20.8 Å². The highest BCUT2D eigenvalue weighted by atomic mass is 16.2. The van der Waals surface area contributed by atoms with Gasteiger partial charge in [0, 0.05) is 11.4 Å². The number of hydrogen-bond acceptors (Lipinski definition) is 2. The molecule has 0 spiro atoms. The van der Waals surface area contributed by atoms with E-state index in [9.17, 15) is 9.59 Å². The Balaban J connectivity index is 4.74. The smallest absolute Gasteiger partial charge is 0.314 e. The monoisotopic (exact) mass is 260 g/mol. The first-order chi connectivity index (χ1) is 9.08. The Kier molecular flexibility index (Phi) is 8.45. The van der Waals surface area contributed by atoms with Gasteiger partial charge in [-0.3, -0.25) is 9.59 Å². The molecule has 0 bridgehead atoms. The number of carbonyl (C=O) groups excluding carboxylic acids is 2. The molecule has 102 valence electrons. The van der Waals surface area contributed by atoms with Gasteiger partial charge in [-0.25, -0.2) is 0 Å². The second-order valence-electron chi connectivity index (χ2n) is 3.50. The first-order valence-corrected chi connectivity index (χ1v) is 5.95. The van der Waals surface area contributed by atoms with Gasteiger partial charge in [-0.1, -0.05) is 30.9 Å². The van der Waals surface area contributed by atoms with Crippen molar-refractivity contribution in [3.8, 4) is 0 Å². The highest BCUT2D eigenvalue weighted by molar-refractivity contribution is 6.36. The van der Waals surface area contributed by atoms with E-state index in [0.29, 0.717) is 11.4 Å². The summed E-state index contributed by atoms with van der Waals surface area (Å²) in [6, 6.07) is 0. The van der Waals surface area contributed by atoms with Crippen LogP contribution in [0.4, 0.5) is 0 Å². The Morgan fingerprint density at radius 2 is 1.53 bits per heavy atom. The van der Waals surface area contributed by atoms with Crippen LogP contribution in [0.25, 0.3) is 0 Å². The van der Waals surface area contributed by atoms with Crippen LogP contribution in [-0.4, -0.2) is 11.8 Å². The first-order valence-electron chi connectivity index (χ1n) is 5.95. The molecule has 4 heteroatoms. The fourth-order valence-corrected chi connectivity index (χ4v) is 1.14. The van der Waals surface area contributed by atoms with Gasteiger partial charge in [0.2, 0.25) is 0 Å². The third-order valence-electron chi connectivity index (χ3n) is 2.07. The van der Waals surface area contributed by atoms with E-state index in [1.54, 1.807) is 37.3 Å². The van der Waals surface area contributed by atoms with E-state index >= 15 is 0 Å². The summed E-state index contributed by atoms with van der Waals surface area (Å²) in [6.45, 7) is 8.96. The summed E-state index contributed by atoms with van der Waals surface area (Å²) >= 11 is 0. The average molecular weight is 260 g/mol. The third-order valence-corrected chi connectivity index (χ3v) is 2.07. The van der Waals surface area contributed by atoms with Crippen molar-refractivity contribution in [3.05, 3.63) is 60.5 Å². The van der Waals surface area contributed by atoms with Crippen LogP contribution in [0.15, 0.2) is 60.5 Å². The lowest BCUT2D eigenvalue weighted by Gasteiger charge is -2.07. The van der Waals surface area contributed by atoms with Crippen molar-refractivity contribution >= 4 is 11.8 Å². The predicted molar refractivity (Wildman–Crippen MR) is 78.0 cm³/mol. The predicted octanol–water partition coefficient (Wildman–Crippen LogP) is 2.34. The van der Waals surface area contributed by atoms with E-state index in [0.717, 1.165) is 0 Å². The average Bonchev–Trinajstić information content (AvgIpc) is 2.41. The molecule has 0 unspecified atom stereocenters. The molecular weight excluding hydrogens is 240 g/mol. The molecule has 0 rings (SSSR count). The minimum absolute atomic E-state index is 0.491. The number of amides is 2. The normalized spacial score (nSPS) is 12.8. The Bertz CT molecular complexity index is 455. The Morgan fingerprint density at radius 3 is 1.95 bits per heavy atom. The van der Waals surface area contributed by atoms with Crippen LogP contribution >= 0.6 is 0 Å². The van der Waals surface area contributed by atoms with Crippen LogP contribution in [0.1, 0.15) is 20.8 Å². The highest BCUT2D eigenvalue weighted by Crippen LogP contribution is 1.95. The van der Waals surface area contributed by atoms with Gasteiger partial charge in [0.15, 0.2) is 0 Å². The molecule has 0 heterocycles. The van der Waals surface area contributed by atoms with E-state index < -0.39 is 11.8 Å². The zero-order chi connectivity index (χ0) is 14.7. The SMILES string of the molecule is C=C/C(=C\C)NC(=O)C(=O)NC(/C=C\C)=C/C=C\C. The second kappa shape index (κ2) is 9.65. The van der Waals surface area contributed by atoms with Crippen molar-refractivity contribution in [2.24, 2.45) is 0 Å². The molecule has 0 saturated carbocycles. The maximum Gasteiger partial charge on any atom is 0.314 e. The molecular formula is C15H20N2O2. The summed E-state index contributed by atoms with van der Waals surface area (Å²) in [7, 11) is 0. The van der Waals surface area contributed by atoms with Crippen LogP contribution in [0.2, 0.25) is 0 Å². The Hall–Kier alpha value is -2.36. The summed E-state index contributed by atoms with van der Waals surface area (Å²) in [5, 5.41) is 4.96. The fourth-order valence-electron chi connectivity index (χ4n) is 1.14. The van der Waals surface area contributed by atoms with Crippen molar-refractivity contribution in [3.63, 3.8) is 0 Å². The quantitative estimate of drug-likeness (QED) is 0.589. The molecule has 0 saturated heterocycles. The summed E-state index contributed by atoms with van der Waals surface area (Å²) in [4.78, 5) is 23.3. The largest absolute Gasteiger partial charge is 0.318 e. The molecule has 0 aromatic rings. The van der Waals surface area contributed by atoms with E-state index in [2.05, 4.69) is 17.2 Å². The summed E-state index contributed by atoms with van der Waals surface area (Å²) in [5.41, 5.74) is 1.03. The van der Waals surface area contributed by atoms with Gasteiger partial charge in [-0.2, -0.15) is 0 Å². The fraction of sp³-hybridized carbons (Fsp3) is 0.200. The van der Waals surface area contributed by atoms with Crippen molar-refractivity contribution in [1.82, 2.24) is 10.6 Å². The molecule has 0 radical (unpaired) electrons. The Morgan fingerprint density at radius 1 is 0.947 bits per heavy atom. The number of hydrogen-bond donors (Lipinski definition) is 2. The van der Waals surface area contributed by atoms with Gasteiger partial charge in [-0.05, 0) is 39.0 Å². The zero-order valence-corrected chi connectivity index (χ0v) is 11.6. The van der Waals surface area contributed by atoms with Crippen molar-refractivity contribution in [2.75, 3.05) is 0 Å². The number of allylic oxidation sites excluding steroid dienone is 7. The van der Waals surface area contributed by atoms with Crippen molar-refractivity contribution in [1.29, 1.82) is 0 Å². The standard InChI is InChI=1S/C15H20N2O2/c1-5-9-11-13(10-6-2)17-15(19)14(18)16-12(7-3)8-4/h5-11H,3H2,1-2,4H3,(H,16,18)(H,17,19)/b9-5-,10-6-,12-8+,13-11+. The van der Waals surface area contributed by atoms with E-state index in [4.69, 9.17) is 0 Å². The molecule has 0 aromatic carbocycles. The summed E-state index contributed by atoms with van der Waals surface area (Å²) in [5.74, 6) is -1.46. The van der Waals surface area contributed by atoms with Crippen LogP contribution in [0.5, 0.6) is 0 Å². The molecule has 4 nitrogen and oxygen atoms in total. The maximum atomic E-state index is 11.7. The topological polar surface area (TPSA) is 58.2 Å². The molecule has 2 N–H and O–H groups in total. The van der Waals surface area contributed by atoms with Gasteiger partial charge >= 0.3 is 11.8 Å². The zero-order valence-electron chi connectivity index (χ0n) is 11.6. The van der Waals surface area contributed by atoms with Gasteiger partial charge in [0.1, 0.15) is 0 Å². The summed E-state index contributed by atoms with van der Waals surface area (Å²) < 4.78 is 0. The third kappa shape index (κ3) is 6.83. The molecule has 0 fully saturated rings.